The van der Waals surface area contributed by atoms with Crippen LogP contribution >= 0.6 is 11.3 Å². The standard InChI is InChI=1S/C16H22N4S/c1-5-17-12-8-16(3,4)9-13-14(12)21-15(20-13)11-6-7-18-10(2)19-11/h6-7,12,17H,5,8-9H2,1-4H3. The molecule has 0 aliphatic heterocycles. The van der Waals surface area contributed by atoms with Gasteiger partial charge in [-0.3, -0.25) is 0 Å². The third kappa shape index (κ3) is 2.99. The van der Waals surface area contributed by atoms with E-state index in [0.717, 1.165) is 35.9 Å². The van der Waals surface area contributed by atoms with Crippen molar-refractivity contribution in [3.63, 3.8) is 0 Å². The van der Waals surface area contributed by atoms with Crippen molar-refractivity contribution >= 4 is 11.3 Å². The monoisotopic (exact) mass is 302 g/mol. The highest BCUT2D eigenvalue weighted by Crippen LogP contribution is 2.44. The molecule has 2 heterocycles. The molecular weight excluding hydrogens is 280 g/mol. The smallest absolute Gasteiger partial charge is 0.142 e. The Labute approximate surface area is 130 Å². The van der Waals surface area contributed by atoms with Gasteiger partial charge in [-0.25, -0.2) is 15.0 Å². The van der Waals surface area contributed by atoms with Crippen molar-refractivity contribution in [1.82, 2.24) is 20.3 Å². The normalized spacial score (nSPS) is 20.3. The second-order valence-electron chi connectivity index (χ2n) is 6.47. The van der Waals surface area contributed by atoms with Crippen LogP contribution in [0.4, 0.5) is 0 Å². The van der Waals surface area contributed by atoms with Crippen LogP contribution in [0.1, 0.15) is 49.6 Å². The summed E-state index contributed by atoms with van der Waals surface area (Å²) in [5, 5.41) is 4.63. The van der Waals surface area contributed by atoms with Gasteiger partial charge in [-0.2, -0.15) is 0 Å². The molecular formula is C16H22N4S. The number of fused-ring (bicyclic) bond motifs is 1. The molecule has 1 atom stereocenters. The maximum Gasteiger partial charge on any atom is 0.142 e. The van der Waals surface area contributed by atoms with Gasteiger partial charge >= 0.3 is 0 Å². The van der Waals surface area contributed by atoms with E-state index in [4.69, 9.17) is 4.98 Å². The van der Waals surface area contributed by atoms with Gasteiger partial charge in [0.25, 0.3) is 0 Å². The molecule has 2 aromatic heterocycles. The molecule has 112 valence electrons. The highest BCUT2D eigenvalue weighted by atomic mass is 32.1. The second-order valence-corrected chi connectivity index (χ2v) is 7.51. The maximum absolute atomic E-state index is 4.88. The van der Waals surface area contributed by atoms with Crippen LogP contribution in [0.3, 0.4) is 0 Å². The Morgan fingerprint density at radius 2 is 2.19 bits per heavy atom. The highest BCUT2D eigenvalue weighted by molar-refractivity contribution is 7.15. The predicted molar refractivity (Wildman–Crippen MR) is 86.4 cm³/mol. The van der Waals surface area contributed by atoms with Gasteiger partial charge in [0.2, 0.25) is 0 Å². The number of hydrogen-bond donors (Lipinski definition) is 1. The predicted octanol–water partition coefficient (Wildman–Crippen LogP) is 3.53. The Bertz CT molecular complexity index is 647. The van der Waals surface area contributed by atoms with Crippen molar-refractivity contribution in [2.45, 2.75) is 46.6 Å². The molecule has 0 spiro atoms. The first-order valence-electron chi connectivity index (χ1n) is 7.51. The van der Waals surface area contributed by atoms with Gasteiger partial charge in [0.1, 0.15) is 16.5 Å². The van der Waals surface area contributed by atoms with Gasteiger partial charge in [0.15, 0.2) is 0 Å². The molecule has 5 heteroatoms. The average molecular weight is 302 g/mol. The van der Waals surface area contributed by atoms with Crippen LogP contribution in [0, 0.1) is 12.3 Å². The summed E-state index contributed by atoms with van der Waals surface area (Å²) < 4.78 is 0. The first-order valence-corrected chi connectivity index (χ1v) is 8.33. The first kappa shape index (κ1) is 14.6. The topological polar surface area (TPSA) is 50.7 Å². The lowest BCUT2D eigenvalue weighted by atomic mass is 9.76. The highest BCUT2D eigenvalue weighted by Gasteiger charge is 2.34. The third-order valence-electron chi connectivity index (χ3n) is 3.89. The first-order chi connectivity index (χ1) is 9.98. The number of rotatable bonds is 3. The summed E-state index contributed by atoms with van der Waals surface area (Å²) in [5.74, 6) is 0.796. The van der Waals surface area contributed by atoms with Gasteiger partial charge in [-0.1, -0.05) is 20.8 Å². The van der Waals surface area contributed by atoms with Crippen LogP contribution in [0.15, 0.2) is 12.3 Å². The quantitative estimate of drug-likeness (QED) is 0.942. The molecule has 0 amide bonds. The van der Waals surface area contributed by atoms with Crippen LogP contribution in [-0.2, 0) is 6.42 Å². The number of nitrogens with one attached hydrogen (secondary N) is 1. The second kappa shape index (κ2) is 5.46. The van der Waals surface area contributed by atoms with E-state index >= 15 is 0 Å². The molecule has 1 N–H and O–H groups in total. The summed E-state index contributed by atoms with van der Waals surface area (Å²) in [7, 11) is 0. The van der Waals surface area contributed by atoms with Crippen LogP contribution in [-0.4, -0.2) is 21.5 Å². The molecule has 21 heavy (non-hydrogen) atoms. The summed E-state index contributed by atoms with van der Waals surface area (Å²) in [4.78, 5) is 14.9. The molecule has 0 saturated carbocycles. The lowest BCUT2D eigenvalue weighted by Gasteiger charge is -2.34. The minimum Gasteiger partial charge on any atom is -0.309 e. The molecule has 3 rings (SSSR count). The SMILES string of the molecule is CCNC1CC(C)(C)Cc2nc(-c3ccnc(C)n3)sc21. The van der Waals surface area contributed by atoms with Crippen LogP contribution in [0.5, 0.6) is 0 Å². The largest absolute Gasteiger partial charge is 0.309 e. The van der Waals surface area contributed by atoms with Gasteiger partial charge in [0, 0.05) is 17.1 Å². The Morgan fingerprint density at radius 1 is 1.38 bits per heavy atom. The van der Waals surface area contributed by atoms with E-state index in [0.29, 0.717) is 11.5 Å². The minimum absolute atomic E-state index is 0.298. The van der Waals surface area contributed by atoms with Crippen molar-refractivity contribution in [3.05, 3.63) is 28.7 Å². The molecule has 1 unspecified atom stereocenters. The molecule has 1 aliphatic carbocycles. The van der Waals surface area contributed by atoms with E-state index < -0.39 is 0 Å². The van der Waals surface area contributed by atoms with Crippen molar-refractivity contribution < 1.29 is 0 Å². The van der Waals surface area contributed by atoms with E-state index in [1.807, 2.05) is 19.2 Å². The summed E-state index contributed by atoms with van der Waals surface area (Å²) in [5.41, 5.74) is 2.48. The lowest BCUT2D eigenvalue weighted by molar-refractivity contribution is 0.260. The molecule has 0 saturated heterocycles. The zero-order chi connectivity index (χ0) is 15.0. The summed E-state index contributed by atoms with van der Waals surface area (Å²) >= 11 is 1.78. The van der Waals surface area contributed by atoms with Gasteiger partial charge in [-0.05, 0) is 37.8 Å². The van der Waals surface area contributed by atoms with Crippen LogP contribution < -0.4 is 5.32 Å². The Hall–Kier alpha value is -1.33. The zero-order valence-corrected chi connectivity index (χ0v) is 13.9. The minimum atomic E-state index is 0.298. The van der Waals surface area contributed by atoms with Crippen molar-refractivity contribution in [1.29, 1.82) is 0 Å². The molecule has 1 aliphatic rings. The summed E-state index contributed by atoms with van der Waals surface area (Å²) in [6, 6.07) is 2.37. The van der Waals surface area contributed by atoms with Gasteiger partial charge in [-0.15, -0.1) is 11.3 Å². The molecule has 0 fully saturated rings. The fourth-order valence-electron chi connectivity index (χ4n) is 3.03. The number of hydrogen-bond acceptors (Lipinski definition) is 5. The van der Waals surface area contributed by atoms with E-state index in [2.05, 4.69) is 36.1 Å². The zero-order valence-electron chi connectivity index (χ0n) is 13.1. The summed E-state index contributed by atoms with van der Waals surface area (Å²) in [6.07, 6.45) is 4.02. The lowest BCUT2D eigenvalue weighted by Crippen LogP contribution is -2.32. The Balaban J connectivity index is 2.01. The number of aryl methyl sites for hydroxylation is 1. The third-order valence-corrected chi connectivity index (χ3v) is 5.13. The average Bonchev–Trinajstić information content (AvgIpc) is 2.81. The van der Waals surface area contributed by atoms with Gasteiger partial charge < -0.3 is 5.32 Å². The molecule has 0 bridgehead atoms. The van der Waals surface area contributed by atoms with Gasteiger partial charge in [0.05, 0.1) is 5.69 Å². The Morgan fingerprint density at radius 3 is 2.90 bits per heavy atom. The van der Waals surface area contributed by atoms with Crippen LogP contribution in [0.25, 0.3) is 10.7 Å². The van der Waals surface area contributed by atoms with Crippen LogP contribution in [0.2, 0.25) is 0 Å². The molecule has 4 nitrogen and oxygen atoms in total. The Kier molecular flexibility index (Phi) is 3.80. The van der Waals surface area contributed by atoms with E-state index in [9.17, 15) is 0 Å². The molecule has 0 aromatic carbocycles. The fourth-order valence-corrected chi connectivity index (χ4v) is 4.16. The van der Waals surface area contributed by atoms with E-state index in [1.54, 1.807) is 11.3 Å². The van der Waals surface area contributed by atoms with E-state index in [1.165, 1.54) is 10.6 Å². The van der Waals surface area contributed by atoms with Crippen molar-refractivity contribution in [2.75, 3.05) is 6.54 Å². The molecule has 2 aromatic rings. The summed E-state index contributed by atoms with van der Waals surface area (Å²) in [6.45, 7) is 9.72. The number of thiazole rings is 1. The van der Waals surface area contributed by atoms with Crippen molar-refractivity contribution in [3.8, 4) is 10.7 Å². The molecule has 0 radical (unpaired) electrons. The number of nitrogens with zero attached hydrogens (tertiary/aromatic N) is 3. The fraction of sp³-hybridized carbons (Fsp3) is 0.562. The number of aromatic nitrogens is 3. The maximum atomic E-state index is 4.88. The van der Waals surface area contributed by atoms with Crippen molar-refractivity contribution in [2.24, 2.45) is 5.41 Å². The van der Waals surface area contributed by atoms with E-state index in [-0.39, 0.29) is 0 Å².